The van der Waals surface area contributed by atoms with Crippen LogP contribution < -0.4 is 0 Å². The molecule has 126 valence electrons. The Kier molecular flexibility index (Phi) is 5.80. The van der Waals surface area contributed by atoms with Gasteiger partial charge in [-0.05, 0) is 42.4 Å². The molecule has 1 aliphatic rings. The molecule has 2 rings (SSSR count). The van der Waals surface area contributed by atoms with Gasteiger partial charge in [-0.2, -0.15) is 0 Å². The predicted molar refractivity (Wildman–Crippen MR) is 90.8 cm³/mol. The molecule has 1 aliphatic carbocycles. The zero-order chi connectivity index (χ0) is 16.9. The molecule has 4 nitrogen and oxygen atoms in total. The lowest BCUT2D eigenvalue weighted by Gasteiger charge is -2.45. The normalized spacial score (nSPS) is 28.0. The fourth-order valence-electron chi connectivity index (χ4n) is 3.66. The van der Waals surface area contributed by atoms with Gasteiger partial charge in [-0.25, -0.2) is 4.79 Å². The van der Waals surface area contributed by atoms with Crippen molar-refractivity contribution >= 4 is 12.2 Å². The maximum atomic E-state index is 11.9. The van der Waals surface area contributed by atoms with E-state index in [1.165, 1.54) is 7.11 Å². The predicted octanol–water partition coefficient (Wildman–Crippen LogP) is 4.71. The van der Waals surface area contributed by atoms with Crippen molar-refractivity contribution in [2.75, 3.05) is 7.11 Å². The second kappa shape index (κ2) is 7.62. The van der Waals surface area contributed by atoms with Crippen LogP contribution in [0.4, 0.5) is 4.79 Å². The van der Waals surface area contributed by atoms with Gasteiger partial charge >= 0.3 is 6.16 Å². The van der Waals surface area contributed by atoms with E-state index in [9.17, 15) is 4.79 Å². The molecule has 0 bridgehead atoms. The highest BCUT2D eigenvalue weighted by Crippen LogP contribution is 2.45. The number of hydrogen-bond acceptors (Lipinski definition) is 4. The third-order valence-electron chi connectivity index (χ3n) is 4.75. The van der Waals surface area contributed by atoms with Crippen molar-refractivity contribution in [2.45, 2.75) is 45.6 Å². The molecule has 0 N–H and O–H groups in total. The van der Waals surface area contributed by atoms with Crippen molar-refractivity contribution in [3.05, 3.63) is 36.2 Å². The van der Waals surface area contributed by atoms with Gasteiger partial charge in [0, 0.05) is 18.3 Å². The first-order valence-electron chi connectivity index (χ1n) is 8.33. The third kappa shape index (κ3) is 4.34. The molecule has 0 radical (unpaired) electrons. The van der Waals surface area contributed by atoms with Gasteiger partial charge in [0.05, 0.1) is 7.11 Å². The van der Waals surface area contributed by atoms with Crippen LogP contribution in [0.1, 0.15) is 45.6 Å². The quantitative estimate of drug-likeness (QED) is 0.755. The van der Waals surface area contributed by atoms with Gasteiger partial charge in [0.25, 0.3) is 0 Å². The first-order chi connectivity index (χ1) is 11.0. The summed E-state index contributed by atoms with van der Waals surface area (Å²) in [5.41, 5.74) is 0.385. The molecule has 1 heterocycles. The van der Waals surface area contributed by atoms with Crippen LogP contribution in [-0.4, -0.2) is 23.9 Å². The van der Waals surface area contributed by atoms with Gasteiger partial charge in [0.1, 0.15) is 5.60 Å². The number of nitrogens with zero attached hydrogens (tertiary/aromatic N) is 1. The summed E-state index contributed by atoms with van der Waals surface area (Å²) >= 11 is 0. The average Bonchev–Trinajstić information content (AvgIpc) is 2.53. The summed E-state index contributed by atoms with van der Waals surface area (Å²) < 4.78 is 10.6. The number of carbonyl (C=O) groups excluding carboxylic acids is 1. The summed E-state index contributed by atoms with van der Waals surface area (Å²) in [6.45, 7) is 6.59. The van der Waals surface area contributed by atoms with E-state index in [1.54, 1.807) is 12.4 Å². The van der Waals surface area contributed by atoms with Crippen molar-refractivity contribution in [3.63, 3.8) is 0 Å². The van der Waals surface area contributed by atoms with E-state index >= 15 is 0 Å². The minimum atomic E-state index is -0.616. The second-order valence-corrected chi connectivity index (χ2v) is 6.87. The maximum absolute atomic E-state index is 11.9. The molecule has 0 amide bonds. The summed E-state index contributed by atoms with van der Waals surface area (Å²) in [5.74, 6) is 1.21. The zero-order valence-corrected chi connectivity index (χ0v) is 14.5. The summed E-state index contributed by atoms with van der Waals surface area (Å²) in [7, 11) is 1.36. The molecular weight excluding hydrogens is 290 g/mol. The highest BCUT2D eigenvalue weighted by Gasteiger charge is 2.46. The molecule has 0 unspecified atom stereocenters. The minimum absolute atomic E-state index is 0.283. The Morgan fingerprint density at radius 2 is 2.22 bits per heavy atom. The van der Waals surface area contributed by atoms with Gasteiger partial charge in [-0.1, -0.05) is 39.3 Å². The monoisotopic (exact) mass is 317 g/mol. The van der Waals surface area contributed by atoms with E-state index in [0.717, 1.165) is 24.8 Å². The first-order valence-corrected chi connectivity index (χ1v) is 8.33. The van der Waals surface area contributed by atoms with Crippen LogP contribution in [0.5, 0.6) is 0 Å². The van der Waals surface area contributed by atoms with Gasteiger partial charge in [-0.3, -0.25) is 4.98 Å². The van der Waals surface area contributed by atoms with E-state index in [0.29, 0.717) is 11.8 Å². The molecule has 1 fully saturated rings. The maximum Gasteiger partial charge on any atom is 0.508 e. The number of rotatable bonds is 4. The number of hydrogen-bond donors (Lipinski definition) is 0. The molecule has 0 aromatic carbocycles. The van der Waals surface area contributed by atoms with Crippen molar-refractivity contribution in [2.24, 2.45) is 17.8 Å². The highest BCUT2D eigenvalue weighted by molar-refractivity contribution is 5.61. The summed E-state index contributed by atoms with van der Waals surface area (Å²) in [6.07, 6.45) is 10.0. The molecule has 23 heavy (non-hydrogen) atoms. The van der Waals surface area contributed by atoms with Gasteiger partial charge in [0.2, 0.25) is 0 Å². The molecule has 3 atom stereocenters. The fraction of sp³-hybridized carbons (Fsp3) is 0.579. The second-order valence-electron chi connectivity index (χ2n) is 6.87. The molecule has 0 aliphatic heterocycles. The van der Waals surface area contributed by atoms with Crippen LogP contribution in [0.15, 0.2) is 30.6 Å². The number of aromatic nitrogens is 1. The Hall–Kier alpha value is -1.84. The first kappa shape index (κ1) is 17.5. The zero-order valence-electron chi connectivity index (χ0n) is 14.5. The van der Waals surface area contributed by atoms with E-state index in [4.69, 9.17) is 9.47 Å². The molecule has 4 heteroatoms. The number of pyridine rings is 1. The Morgan fingerprint density at radius 3 is 2.83 bits per heavy atom. The Balaban J connectivity index is 2.36. The van der Waals surface area contributed by atoms with Crippen molar-refractivity contribution < 1.29 is 14.3 Å². The largest absolute Gasteiger partial charge is 0.508 e. The number of carbonyl (C=O) groups is 1. The van der Waals surface area contributed by atoms with Crippen molar-refractivity contribution in [3.8, 4) is 0 Å². The summed E-state index contributed by atoms with van der Waals surface area (Å²) in [6, 6.07) is 3.89. The van der Waals surface area contributed by atoms with Crippen molar-refractivity contribution in [1.29, 1.82) is 0 Å². The van der Waals surface area contributed by atoms with Gasteiger partial charge < -0.3 is 9.47 Å². The van der Waals surface area contributed by atoms with Crippen LogP contribution in [0.25, 0.3) is 6.08 Å². The lowest BCUT2D eigenvalue weighted by atomic mass is 9.66. The lowest BCUT2D eigenvalue weighted by molar-refractivity contribution is -0.0746. The molecule has 1 aromatic heterocycles. The van der Waals surface area contributed by atoms with E-state index < -0.39 is 11.8 Å². The summed E-state index contributed by atoms with van der Waals surface area (Å²) in [4.78, 5) is 16.0. The number of methoxy groups -OCH3 is 1. The minimum Gasteiger partial charge on any atom is -0.438 e. The van der Waals surface area contributed by atoms with Gasteiger partial charge in [0.15, 0.2) is 0 Å². The van der Waals surface area contributed by atoms with E-state index in [2.05, 4.69) is 25.8 Å². The Morgan fingerprint density at radius 1 is 1.43 bits per heavy atom. The van der Waals surface area contributed by atoms with Crippen molar-refractivity contribution in [1.82, 2.24) is 4.98 Å². The highest BCUT2D eigenvalue weighted by atomic mass is 16.7. The molecular formula is C19H27NO3. The number of ether oxygens (including phenoxy) is 2. The SMILES string of the molecule is COC(=O)O[C@@]1(/C=C/c2cccnc2)C[C@H](C)CC[C@H]1C(C)C. The lowest BCUT2D eigenvalue weighted by Crippen LogP contribution is -2.47. The standard InChI is InChI=1S/C19H27NO3/c1-14(2)17-8-7-15(3)12-19(17,23-18(21)22-4)10-9-16-6-5-11-20-13-16/h5-6,9-11,13-15,17H,7-8,12H2,1-4H3/b10-9+/t15-,17+,19+/m1/s1. The third-order valence-corrected chi connectivity index (χ3v) is 4.75. The van der Waals surface area contributed by atoms with Crippen LogP contribution in [0.2, 0.25) is 0 Å². The Bertz CT molecular complexity index is 541. The topological polar surface area (TPSA) is 48.4 Å². The smallest absolute Gasteiger partial charge is 0.438 e. The molecule has 1 saturated carbocycles. The van der Waals surface area contributed by atoms with E-state index in [-0.39, 0.29) is 5.92 Å². The van der Waals surface area contributed by atoms with E-state index in [1.807, 2.05) is 24.3 Å². The van der Waals surface area contributed by atoms with Crippen LogP contribution >= 0.6 is 0 Å². The average molecular weight is 317 g/mol. The Labute approximate surface area is 138 Å². The van der Waals surface area contributed by atoms with Crippen LogP contribution in [0, 0.1) is 17.8 Å². The molecule has 0 spiro atoms. The van der Waals surface area contributed by atoms with Crippen LogP contribution in [-0.2, 0) is 9.47 Å². The fourth-order valence-corrected chi connectivity index (χ4v) is 3.66. The van der Waals surface area contributed by atoms with Crippen LogP contribution in [0.3, 0.4) is 0 Å². The van der Waals surface area contributed by atoms with Gasteiger partial charge in [-0.15, -0.1) is 0 Å². The molecule has 1 aromatic rings. The molecule has 0 saturated heterocycles. The summed E-state index contributed by atoms with van der Waals surface area (Å²) in [5, 5.41) is 0.